The van der Waals surface area contributed by atoms with E-state index in [2.05, 4.69) is 36.2 Å². The van der Waals surface area contributed by atoms with Crippen molar-refractivity contribution in [3.8, 4) is 0 Å². The molecule has 0 radical (unpaired) electrons. The van der Waals surface area contributed by atoms with Crippen molar-refractivity contribution >= 4 is 0 Å². The smallest absolute Gasteiger partial charge is 0.231 e. The Labute approximate surface area is 108 Å². The molecule has 0 amide bonds. The molecule has 1 fully saturated rings. The molecule has 3 atom stereocenters. The number of nitrogens with one attached hydrogen (secondary N) is 1. The average molecular weight is 253 g/mol. The molecule has 0 saturated carbocycles. The van der Waals surface area contributed by atoms with Gasteiger partial charge in [0.15, 0.2) is 5.82 Å². The van der Waals surface area contributed by atoms with E-state index in [1.807, 2.05) is 0 Å². The third kappa shape index (κ3) is 3.09. The second-order valence-corrected chi connectivity index (χ2v) is 5.04. The first-order valence-electron chi connectivity index (χ1n) is 6.87. The van der Waals surface area contributed by atoms with Crippen LogP contribution in [0.5, 0.6) is 0 Å². The molecule has 102 valence electrons. The van der Waals surface area contributed by atoms with Crippen molar-refractivity contribution in [2.24, 2.45) is 0 Å². The summed E-state index contributed by atoms with van der Waals surface area (Å²) in [5.74, 6) is 2.07. The standard InChI is InChI=1S/C13H23N3O2/c1-4-14-10(3)9(2)13-15-12(16-18-13)11-6-5-7-17-8-11/h9-11,14H,4-8H2,1-3H3. The fraction of sp³-hybridized carbons (Fsp3) is 0.846. The molecule has 0 aliphatic carbocycles. The highest BCUT2D eigenvalue weighted by Crippen LogP contribution is 2.25. The van der Waals surface area contributed by atoms with Crippen LogP contribution in [0.3, 0.4) is 0 Å². The first-order chi connectivity index (χ1) is 8.72. The van der Waals surface area contributed by atoms with Crippen LogP contribution in [0.1, 0.15) is 57.2 Å². The van der Waals surface area contributed by atoms with Gasteiger partial charge in [-0.2, -0.15) is 4.98 Å². The van der Waals surface area contributed by atoms with Crippen LogP contribution < -0.4 is 5.32 Å². The van der Waals surface area contributed by atoms with Crippen molar-refractivity contribution in [1.82, 2.24) is 15.5 Å². The van der Waals surface area contributed by atoms with Gasteiger partial charge in [0.2, 0.25) is 5.89 Å². The number of hydrogen-bond donors (Lipinski definition) is 1. The van der Waals surface area contributed by atoms with Gasteiger partial charge in [0.05, 0.1) is 12.5 Å². The molecule has 3 unspecified atom stereocenters. The molecule has 1 N–H and O–H groups in total. The van der Waals surface area contributed by atoms with E-state index in [1.54, 1.807) is 0 Å². The summed E-state index contributed by atoms with van der Waals surface area (Å²) in [6, 6.07) is 0.339. The highest BCUT2D eigenvalue weighted by molar-refractivity contribution is 5.01. The number of likely N-dealkylation sites (N-methyl/N-ethyl adjacent to an activating group) is 1. The van der Waals surface area contributed by atoms with E-state index in [9.17, 15) is 0 Å². The molecule has 1 aromatic rings. The van der Waals surface area contributed by atoms with Gasteiger partial charge >= 0.3 is 0 Å². The quantitative estimate of drug-likeness (QED) is 0.870. The van der Waals surface area contributed by atoms with Gasteiger partial charge in [0.1, 0.15) is 0 Å². The zero-order valence-corrected chi connectivity index (χ0v) is 11.5. The molecule has 0 bridgehead atoms. The van der Waals surface area contributed by atoms with Crippen molar-refractivity contribution in [1.29, 1.82) is 0 Å². The highest BCUT2D eigenvalue weighted by atomic mass is 16.5. The zero-order valence-electron chi connectivity index (χ0n) is 11.5. The van der Waals surface area contributed by atoms with Crippen LogP contribution in [0.4, 0.5) is 0 Å². The highest BCUT2D eigenvalue weighted by Gasteiger charge is 2.25. The minimum absolute atomic E-state index is 0.232. The van der Waals surface area contributed by atoms with Gasteiger partial charge in [-0.1, -0.05) is 19.0 Å². The van der Waals surface area contributed by atoms with Gasteiger partial charge in [-0.05, 0) is 26.3 Å². The molecule has 1 aromatic heterocycles. The molecule has 1 aliphatic rings. The van der Waals surface area contributed by atoms with E-state index in [0.717, 1.165) is 44.3 Å². The van der Waals surface area contributed by atoms with Crippen LogP contribution >= 0.6 is 0 Å². The van der Waals surface area contributed by atoms with Gasteiger partial charge in [0, 0.05) is 18.6 Å². The Morgan fingerprint density at radius 3 is 2.94 bits per heavy atom. The van der Waals surface area contributed by atoms with Crippen LogP contribution in [0.25, 0.3) is 0 Å². The van der Waals surface area contributed by atoms with Crippen LogP contribution in [-0.4, -0.2) is 35.9 Å². The molecule has 0 spiro atoms. The largest absolute Gasteiger partial charge is 0.381 e. The fourth-order valence-electron chi connectivity index (χ4n) is 2.26. The lowest BCUT2D eigenvalue weighted by Gasteiger charge is -2.19. The van der Waals surface area contributed by atoms with Crippen molar-refractivity contribution < 1.29 is 9.26 Å². The first-order valence-corrected chi connectivity index (χ1v) is 6.87. The lowest BCUT2D eigenvalue weighted by atomic mass is 10.0. The van der Waals surface area contributed by atoms with Crippen molar-refractivity contribution in [3.63, 3.8) is 0 Å². The van der Waals surface area contributed by atoms with Crippen LogP contribution in [-0.2, 0) is 4.74 Å². The Morgan fingerprint density at radius 1 is 1.44 bits per heavy atom. The van der Waals surface area contributed by atoms with Gasteiger partial charge in [-0.15, -0.1) is 0 Å². The van der Waals surface area contributed by atoms with E-state index in [0.29, 0.717) is 12.0 Å². The SMILES string of the molecule is CCNC(C)C(C)c1nc(C2CCCOC2)no1. The molecule has 0 aromatic carbocycles. The second-order valence-electron chi connectivity index (χ2n) is 5.04. The number of hydrogen-bond acceptors (Lipinski definition) is 5. The minimum Gasteiger partial charge on any atom is -0.381 e. The normalized spacial score (nSPS) is 23.8. The molecule has 1 aliphatic heterocycles. The van der Waals surface area contributed by atoms with Gasteiger partial charge in [0.25, 0.3) is 0 Å². The summed E-state index contributed by atoms with van der Waals surface area (Å²) in [6.45, 7) is 8.87. The Morgan fingerprint density at radius 2 is 2.28 bits per heavy atom. The van der Waals surface area contributed by atoms with E-state index < -0.39 is 0 Å². The Kier molecular flexibility index (Phi) is 4.72. The molecular weight excluding hydrogens is 230 g/mol. The maximum Gasteiger partial charge on any atom is 0.231 e. The molecule has 18 heavy (non-hydrogen) atoms. The predicted octanol–water partition coefficient (Wildman–Crippen LogP) is 2.07. The van der Waals surface area contributed by atoms with Crippen LogP contribution in [0, 0.1) is 0 Å². The zero-order chi connectivity index (χ0) is 13.0. The third-order valence-electron chi connectivity index (χ3n) is 3.65. The Balaban J connectivity index is 2.00. The monoisotopic (exact) mass is 253 g/mol. The number of aromatic nitrogens is 2. The summed E-state index contributed by atoms with van der Waals surface area (Å²) < 4.78 is 10.8. The topological polar surface area (TPSA) is 60.2 Å². The first kappa shape index (κ1) is 13.5. The molecule has 5 heteroatoms. The fourth-order valence-corrected chi connectivity index (χ4v) is 2.26. The van der Waals surface area contributed by atoms with Gasteiger partial charge in [-0.3, -0.25) is 0 Å². The Bertz CT molecular complexity index is 361. The summed E-state index contributed by atoms with van der Waals surface area (Å²) in [5.41, 5.74) is 0. The molecule has 5 nitrogen and oxygen atoms in total. The lowest BCUT2D eigenvalue weighted by Crippen LogP contribution is -2.30. The number of ether oxygens (including phenoxy) is 1. The maximum absolute atomic E-state index is 5.46. The third-order valence-corrected chi connectivity index (χ3v) is 3.65. The molecule has 1 saturated heterocycles. The predicted molar refractivity (Wildman–Crippen MR) is 68.6 cm³/mol. The molecule has 2 heterocycles. The molecular formula is C13H23N3O2. The van der Waals surface area contributed by atoms with E-state index >= 15 is 0 Å². The van der Waals surface area contributed by atoms with E-state index in [1.165, 1.54) is 0 Å². The van der Waals surface area contributed by atoms with Crippen molar-refractivity contribution in [3.05, 3.63) is 11.7 Å². The van der Waals surface area contributed by atoms with Gasteiger partial charge in [-0.25, -0.2) is 0 Å². The van der Waals surface area contributed by atoms with Crippen molar-refractivity contribution in [2.45, 2.75) is 51.5 Å². The summed E-state index contributed by atoms with van der Waals surface area (Å²) in [5, 5.41) is 7.49. The van der Waals surface area contributed by atoms with Gasteiger partial charge < -0.3 is 14.6 Å². The molecule has 2 rings (SSSR count). The lowest BCUT2D eigenvalue weighted by molar-refractivity contribution is 0.0773. The van der Waals surface area contributed by atoms with E-state index in [-0.39, 0.29) is 5.92 Å². The van der Waals surface area contributed by atoms with Crippen LogP contribution in [0.15, 0.2) is 4.52 Å². The van der Waals surface area contributed by atoms with Crippen molar-refractivity contribution in [2.75, 3.05) is 19.8 Å². The summed E-state index contributed by atoms with van der Waals surface area (Å²) in [7, 11) is 0. The maximum atomic E-state index is 5.46. The Hall–Kier alpha value is -0.940. The van der Waals surface area contributed by atoms with E-state index in [4.69, 9.17) is 9.26 Å². The van der Waals surface area contributed by atoms with Crippen LogP contribution in [0.2, 0.25) is 0 Å². The number of nitrogens with zero attached hydrogens (tertiary/aromatic N) is 2. The summed E-state index contributed by atoms with van der Waals surface area (Å²) >= 11 is 0. The summed E-state index contributed by atoms with van der Waals surface area (Å²) in [6.07, 6.45) is 2.17. The second kappa shape index (κ2) is 6.29. The summed E-state index contributed by atoms with van der Waals surface area (Å²) in [4.78, 5) is 4.54. The average Bonchev–Trinajstić information content (AvgIpc) is 2.89. The minimum atomic E-state index is 0.232. The number of rotatable bonds is 5.